The Labute approximate surface area is 92.1 Å². The molecule has 1 rings (SSSR count). The van der Waals surface area contributed by atoms with E-state index in [1.165, 1.54) is 0 Å². The largest absolute Gasteiger partial charge is 0.368 e. The molecule has 70 valence electrons. The topological polar surface area (TPSA) is 70.6 Å². The van der Waals surface area contributed by atoms with Crippen LogP contribution in [-0.2, 0) is 0 Å². The van der Waals surface area contributed by atoms with Gasteiger partial charge >= 0.3 is 0 Å². The molecule has 13 heavy (non-hydrogen) atoms. The van der Waals surface area contributed by atoms with Crippen molar-refractivity contribution < 1.29 is 5.21 Å². The molecule has 0 fully saturated rings. The molecule has 0 saturated heterocycles. The van der Waals surface area contributed by atoms with Gasteiger partial charge in [0, 0.05) is 8.95 Å². The van der Waals surface area contributed by atoms with Crippen LogP contribution in [0.2, 0.25) is 0 Å². The zero-order chi connectivity index (χ0) is 9.84. The zero-order valence-electron chi connectivity index (χ0n) is 6.46. The van der Waals surface area contributed by atoms with Crippen LogP contribution in [0.3, 0.4) is 0 Å². The highest BCUT2D eigenvalue weighted by Gasteiger charge is 2.02. The lowest BCUT2D eigenvalue weighted by molar-refractivity contribution is 0.233. The molecule has 0 aromatic heterocycles. The Bertz CT molecular complexity index is 320. The van der Waals surface area contributed by atoms with Crippen LogP contribution < -0.4 is 11.2 Å². The molecule has 4 N–H and O–H groups in total. The van der Waals surface area contributed by atoms with Crippen molar-refractivity contribution in [1.29, 1.82) is 0 Å². The SMILES string of the molecule is NC(=Nc1c(Br)cccc1Br)NO. The van der Waals surface area contributed by atoms with Gasteiger partial charge in [-0.3, -0.25) is 5.21 Å². The average molecular weight is 309 g/mol. The Morgan fingerprint density at radius 2 is 1.92 bits per heavy atom. The second-order valence-electron chi connectivity index (χ2n) is 2.18. The van der Waals surface area contributed by atoms with Gasteiger partial charge in [-0.25, -0.2) is 10.5 Å². The molecule has 6 heteroatoms. The van der Waals surface area contributed by atoms with Crippen LogP contribution in [0.4, 0.5) is 5.69 Å². The summed E-state index contributed by atoms with van der Waals surface area (Å²) in [5.74, 6) is -0.0624. The molecule has 0 spiro atoms. The summed E-state index contributed by atoms with van der Waals surface area (Å²) in [5, 5.41) is 8.44. The van der Waals surface area contributed by atoms with Crippen LogP contribution >= 0.6 is 31.9 Å². The molecule has 0 saturated carbocycles. The number of guanidine groups is 1. The molecule has 0 atom stereocenters. The van der Waals surface area contributed by atoms with Crippen LogP contribution in [-0.4, -0.2) is 11.2 Å². The number of hydrogen-bond acceptors (Lipinski definition) is 2. The van der Waals surface area contributed by atoms with Crippen molar-refractivity contribution in [3.05, 3.63) is 27.1 Å². The fourth-order valence-corrected chi connectivity index (χ4v) is 1.92. The molecular weight excluding hydrogens is 302 g/mol. The Morgan fingerprint density at radius 1 is 1.38 bits per heavy atom. The molecule has 1 aromatic carbocycles. The van der Waals surface area contributed by atoms with Crippen molar-refractivity contribution in [3.8, 4) is 0 Å². The average Bonchev–Trinajstić information content (AvgIpc) is 2.11. The van der Waals surface area contributed by atoms with Crippen molar-refractivity contribution >= 4 is 43.5 Å². The van der Waals surface area contributed by atoms with E-state index in [0.717, 1.165) is 8.95 Å². The van der Waals surface area contributed by atoms with Crippen molar-refractivity contribution in [3.63, 3.8) is 0 Å². The van der Waals surface area contributed by atoms with Crippen LogP contribution in [0.15, 0.2) is 32.1 Å². The Balaban J connectivity index is 3.14. The number of nitrogens with one attached hydrogen (secondary N) is 1. The lowest BCUT2D eigenvalue weighted by atomic mass is 10.3. The molecule has 4 nitrogen and oxygen atoms in total. The lowest BCUT2D eigenvalue weighted by Gasteiger charge is -2.02. The third kappa shape index (κ3) is 2.68. The summed E-state index contributed by atoms with van der Waals surface area (Å²) < 4.78 is 1.58. The summed E-state index contributed by atoms with van der Waals surface area (Å²) in [6, 6.07) is 5.51. The summed E-state index contributed by atoms with van der Waals surface area (Å²) >= 11 is 6.61. The van der Waals surface area contributed by atoms with E-state index in [0.29, 0.717) is 5.69 Å². The van der Waals surface area contributed by atoms with Gasteiger partial charge < -0.3 is 5.73 Å². The Hall–Kier alpha value is -0.590. The maximum atomic E-state index is 8.44. The van der Waals surface area contributed by atoms with Gasteiger partial charge in [0.25, 0.3) is 0 Å². The Morgan fingerprint density at radius 3 is 2.38 bits per heavy atom. The standard InChI is InChI=1S/C7H7Br2N3O/c8-4-2-1-3-5(9)6(4)11-7(10)12-13/h1-3,13H,(H3,10,11,12). The highest BCUT2D eigenvalue weighted by Crippen LogP contribution is 2.32. The molecule has 0 amide bonds. The summed E-state index contributed by atoms with van der Waals surface area (Å²) in [7, 11) is 0. The monoisotopic (exact) mass is 307 g/mol. The van der Waals surface area contributed by atoms with E-state index >= 15 is 0 Å². The maximum Gasteiger partial charge on any atom is 0.218 e. The molecule has 1 aromatic rings. The van der Waals surface area contributed by atoms with E-state index in [2.05, 4.69) is 36.9 Å². The van der Waals surface area contributed by atoms with E-state index in [-0.39, 0.29) is 5.96 Å². The van der Waals surface area contributed by atoms with Crippen LogP contribution in [0, 0.1) is 0 Å². The summed E-state index contributed by atoms with van der Waals surface area (Å²) in [5.41, 5.74) is 7.67. The second-order valence-corrected chi connectivity index (χ2v) is 3.89. The fourth-order valence-electron chi connectivity index (χ4n) is 0.741. The number of nitrogens with zero attached hydrogens (tertiary/aromatic N) is 1. The predicted molar refractivity (Wildman–Crippen MR) is 58.0 cm³/mol. The molecule has 0 bridgehead atoms. The van der Waals surface area contributed by atoms with E-state index in [4.69, 9.17) is 10.9 Å². The normalized spacial score (nSPS) is 11.5. The van der Waals surface area contributed by atoms with Gasteiger partial charge in [0.2, 0.25) is 5.96 Å². The highest BCUT2D eigenvalue weighted by atomic mass is 79.9. The van der Waals surface area contributed by atoms with Gasteiger partial charge in [0.05, 0.1) is 5.69 Å². The van der Waals surface area contributed by atoms with E-state index in [1.807, 2.05) is 18.2 Å². The number of para-hydroxylation sites is 1. The predicted octanol–water partition coefficient (Wildman–Crippen LogP) is 2.14. The number of rotatable bonds is 1. The van der Waals surface area contributed by atoms with Gasteiger partial charge in [-0.05, 0) is 44.0 Å². The number of aliphatic imine (C=N–C) groups is 1. The summed E-state index contributed by atoms with van der Waals surface area (Å²) in [4.78, 5) is 3.92. The van der Waals surface area contributed by atoms with Crippen molar-refractivity contribution in [2.24, 2.45) is 10.7 Å². The quantitative estimate of drug-likeness (QED) is 0.423. The number of hydrogen-bond donors (Lipinski definition) is 3. The number of hydroxylamine groups is 1. The van der Waals surface area contributed by atoms with Crippen LogP contribution in [0.5, 0.6) is 0 Å². The number of benzene rings is 1. The first-order valence-electron chi connectivity index (χ1n) is 3.33. The minimum Gasteiger partial charge on any atom is -0.368 e. The third-order valence-corrected chi connectivity index (χ3v) is 2.56. The first-order chi connectivity index (χ1) is 6.15. The van der Waals surface area contributed by atoms with Gasteiger partial charge in [0.15, 0.2) is 0 Å². The minimum atomic E-state index is -0.0624. The summed E-state index contributed by atoms with van der Waals surface area (Å²) in [6.45, 7) is 0. The molecule has 0 unspecified atom stereocenters. The van der Waals surface area contributed by atoms with E-state index in [9.17, 15) is 0 Å². The summed E-state index contributed by atoms with van der Waals surface area (Å²) in [6.07, 6.45) is 0. The van der Waals surface area contributed by atoms with Gasteiger partial charge in [0.1, 0.15) is 0 Å². The number of halogens is 2. The zero-order valence-corrected chi connectivity index (χ0v) is 9.63. The third-order valence-electron chi connectivity index (χ3n) is 1.28. The van der Waals surface area contributed by atoms with E-state index in [1.54, 1.807) is 5.48 Å². The van der Waals surface area contributed by atoms with Gasteiger partial charge in [-0.15, -0.1) is 0 Å². The second kappa shape index (κ2) is 4.59. The number of nitrogens with two attached hydrogens (primary N) is 1. The lowest BCUT2D eigenvalue weighted by Crippen LogP contribution is -2.27. The minimum absolute atomic E-state index is 0.0624. The first kappa shape index (κ1) is 10.5. The molecule has 0 heterocycles. The molecule has 0 radical (unpaired) electrons. The Kier molecular flexibility index (Phi) is 3.71. The molecule has 0 aliphatic rings. The molecule has 0 aliphatic heterocycles. The van der Waals surface area contributed by atoms with Gasteiger partial charge in [-0.2, -0.15) is 0 Å². The van der Waals surface area contributed by atoms with Crippen LogP contribution in [0.25, 0.3) is 0 Å². The highest BCUT2D eigenvalue weighted by molar-refractivity contribution is 9.11. The van der Waals surface area contributed by atoms with E-state index < -0.39 is 0 Å². The van der Waals surface area contributed by atoms with Crippen molar-refractivity contribution in [2.75, 3.05) is 0 Å². The van der Waals surface area contributed by atoms with Crippen molar-refractivity contribution in [1.82, 2.24) is 5.48 Å². The molecule has 0 aliphatic carbocycles. The molecular formula is C7H7Br2N3O. The van der Waals surface area contributed by atoms with Gasteiger partial charge in [-0.1, -0.05) is 6.07 Å². The van der Waals surface area contributed by atoms with Crippen LogP contribution in [0.1, 0.15) is 0 Å². The van der Waals surface area contributed by atoms with Crippen molar-refractivity contribution in [2.45, 2.75) is 0 Å². The fraction of sp³-hybridized carbons (Fsp3) is 0. The maximum absolute atomic E-state index is 8.44. The smallest absolute Gasteiger partial charge is 0.218 e. The first-order valence-corrected chi connectivity index (χ1v) is 4.92.